The Bertz CT molecular complexity index is 671. The van der Waals surface area contributed by atoms with Gasteiger partial charge < -0.3 is 20.5 Å². The van der Waals surface area contributed by atoms with Crippen LogP contribution >= 0.6 is 0 Å². The number of benzene rings is 2. The normalized spacial score (nSPS) is 13.0. The smallest absolute Gasteiger partial charge is 0.319 e. The predicted octanol–water partition coefficient (Wildman–Crippen LogP) is 3.93. The van der Waals surface area contributed by atoms with E-state index in [1.165, 1.54) is 0 Å². The van der Waals surface area contributed by atoms with E-state index in [-0.39, 0.29) is 24.6 Å². The van der Waals surface area contributed by atoms with Crippen molar-refractivity contribution >= 4 is 11.7 Å². The molecule has 0 radical (unpaired) electrons. The molecule has 2 atom stereocenters. The quantitative estimate of drug-likeness (QED) is 0.752. The van der Waals surface area contributed by atoms with Crippen LogP contribution < -0.4 is 15.4 Å². The fourth-order valence-electron chi connectivity index (χ4n) is 2.10. The number of aliphatic hydroxyl groups is 1. The molecule has 2 aromatic carbocycles. The molecular formula is C19H24N2O3. The molecule has 5 nitrogen and oxygen atoms in total. The summed E-state index contributed by atoms with van der Waals surface area (Å²) in [5.74, 6) is 1.48. The first-order valence-electron chi connectivity index (χ1n) is 8.01. The standard InChI is InChI=1S/C19H24N2O3/c1-13-5-4-6-18(11-13)24-17-9-7-16(8-10-17)21-19(23)20-15(3)14(2)12-22/h4-11,14-15,22H,12H2,1-3H3,(H2,20,21,23). The number of carbonyl (C=O) groups excluding carboxylic acids is 1. The average molecular weight is 328 g/mol. The molecule has 0 saturated heterocycles. The number of aliphatic hydroxyl groups excluding tert-OH is 1. The van der Waals surface area contributed by atoms with Gasteiger partial charge in [-0.2, -0.15) is 0 Å². The van der Waals surface area contributed by atoms with Crippen molar-refractivity contribution in [2.24, 2.45) is 5.92 Å². The lowest BCUT2D eigenvalue weighted by Crippen LogP contribution is -2.40. The van der Waals surface area contributed by atoms with Gasteiger partial charge in [-0.15, -0.1) is 0 Å². The monoisotopic (exact) mass is 328 g/mol. The fourth-order valence-corrected chi connectivity index (χ4v) is 2.10. The van der Waals surface area contributed by atoms with Crippen molar-refractivity contribution in [1.29, 1.82) is 0 Å². The van der Waals surface area contributed by atoms with E-state index in [1.807, 2.05) is 45.0 Å². The fraction of sp³-hybridized carbons (Fsp3) is 0.316. The molecule has 5 heteroatoms. The molecule has 2 unspecified atom stereocenters. The van der Waals surface area contributed by atoms with Gasteiger partial charge in [-0.05, 0) is 61.7 Å². The summed E-state index contributed by atoms with van der Waals surface area (Å²) < 4.78 is 5.77. The maximum absolute atomic E-state index is 11.9. The molecule has 0 bridgehead atoms. The van der Waals surface area contributed by atoms with E-state index in [4.69, 9.17) is 9.84 Å². The van der Waals surface area contributed by atoms with Gasteiger partial charge in [0.2, 0.25) is 0 Å². The molecule has 2 amide bonds. The second-order valence-corrected chi connectivity index (χ2v) is 5.99. The minimum Gasteiger partial charge on any atom is -0.457 e. The summed E-state index contributed by atoms with van der Waals surface area (Å²) in [6.07, 6.45) is 0. The summed E-state index contributed by atoms with van der Waals surface area (Å²) in [7, 11) is 0. The lowest BCUT2D eigenvalue weighted by atomic mass is 10.1. The second-order valence-electron chi connectivity index (χ2n) is 5.99. The molecule has 2 aromatic rings. The van der Waals surface area contributed by atoms with Crippen LogP contribution in [0.2, 0.25) is 0 Å². The molecule has 3 N–H and O–H groups in total. The van der Waals surface area contributed by atoms with Crippen molar-refractivity contribution in [3.8, 4) is 11.5 Å². The second kappa shape index (κ2) is 8.36. The molecule has 24 heavy (non-hydrogen) atoms. The first-order chi connectivity index (χ1) is 11.5. The Morgan fingerprint density at radius 3 is 2.46 bits per heavy atom. The number of rotatable bonds is 6. The van der Waals surface area contributed by atoms with Crippen LogP contribution in [0.3, 0.4) is 0 Å². The number of urea groups is 1. The van der Waals surface area contributed by atoms with E-state index < -0.39 is 0 Å². The Kier molecular flexibility index (Phi) is 6.21. The highest BCUT2D eigenvalue weighted by Crippen LogP contribution is 2.23. The van der Waals surface area contributed by atoms with E-state index in [1.54, 1.807) is 24.3 Å². The molecule has 0 aliphatic heterocycles. The van der Waals surface area contributed by atoms with Crippen LogP contribution in [-0.4, -0.2) is 23.8 Å². The Balaban J connectivity index is 1.91. The van der Waals surface area contributed by atoms with Gasteiger partial charge in [-0.25, -0.2) is 4.79 Å². The van der Waals surface area contributed by atoms with Gasteiger partial charge in [0.15, 0.2) is 0 Å². The number of amides is 2. The van der Waals surface area contributed by atoms with Gasteiger partial charge in [0, 0.05) is 18.3 Å². The van der Waals surface area contributed by atoms with Crippen LogP contribution in [0, 0.1) is 12.8 Å². The highest BCUT2D eigenvalue weighted by Gasteiger charge is 2.13. The highest BCUT2D eigenvalue weighted by molar-refractivity contribution is 5.89. The van der Waals surface area contributed by atoms with Crippen molar-refractivity contribution < 1.29 is 14.6 Å². The summed E-state index contributed by atoms with van der Waals surface area (Å²) in [6.45, 7) is 5.78. The molecular weight excluding hydrogens is 304 g/mol. The zero-order chi connectivity index (χ0) is 17.5. The van der Waals surface area contributed by atoms with Crippen LogP contribution in [-0.2, 0) is 0 Å². The minimum absolute atomic E-state index is 0.000792. The highest BCUT2D eigenvalue weighted by atomic mass is 16.5. The topological polar surface area (TPSA) is 70.6 Å². The van der Waals surface area contributed by atoms with Crippen molar-refractivity contribution in [3.63, 3.8) is 0 Å². The Hall–Kier alpha value is -2.53. The van der Waals surface area contributed by atoms with Crippen LogP contribution in [0.1, 0.15) is 19.4 Å². The predicted molar refractivity (Wildman–Crippen MR) is 95.6 cm³/mol. The first kappa shape index (κ1) is 17.8. The van der Waals surface area contributed by atoms with Crippen molar-refractivity contribution in [1.82, 2.24) is 5.32 Å². The number of hydrogen-bond acceptors (Lipinski definition) is 3. The molecule has 0 heterocycles. The molecule has 0 aromatic heterocycles. The summed E-state index contributed by atoms with van der Waals surface area (Å²) in [5.41, 5.74) is 1.81. The SMILES string of the molecule is Cc1cccc(Oc2ccc(NC(=O)NC(C)C(C)CO)cc2)c1. The number of ether oxygens (including phenoxy) is 1. The van der Waals surface area contributed by atoms with Gasteiger partial charge in [0.1, 0.15) is 11.5 Å². The third-order valence-corrected chi connectivity index (χ3v) is 3.84. The summed E-state index contributed by atoms with van der Waals surface area (Å²) in [5, 5.41) is 14.7. The van der Waals surface area contributed by atoms with E-state index in [2.05, 4.69) is 10.6 Å². The average Bonchev–Trinajstić information content (AvgIpc) is 2.55. The maximum Gasteiger partial charge on any atom is 0.319 e. The van der Waals surface area contributed by atoms with Gasteiger partial charge >= 0.3 is 6.03 Å². The first-order valence-corrected chi connectivity index (χ1v) is 8.01. The zero-order valence-electron chi connectivity index (χ0n) is 14.2. The molecule has 0 saturated carbocycles. The zero-order valence-corrected chi connectivity index (χ0v) is 14.2. The summed E-state index contributed by atoms with van der Waals surface area (Å²) >= 11 is 0. The van der Waals surface area contributed by atoms with Crippen LogP contribution in [0.5, 0.6) is 11.5 Å². The molecule has 2 rings (SSSR count). The van der Waals surface area contributed by atoms with Crippen molar-refractivity contribution in [2.75, 3.05) is 11.9 Å². The van der Waals surface area contributed by atoms with Crippen LogP contribution in [0.25, 0.3) is 0 Å². The van der Waals surface area contributed by atoms with Crippen molar-refractivity contribution in [3.05, 3.63) is 54.1 Å². The van der Waals surface area contributed by atoms with Crippen LogP contribution in [0.4, 0.5) is 10.5 Å². The lowest BCUT2D eigenvalue weighted by Gasteiger charge is -2.19. The minimum atomic E-state index is -0.296. The molecule has 0 spiro atoms. The lowest BCUT2D eigenvalue weighted by molar-refractivity contribution is 0.204. The summed E-state index contributed by atoms with van der Waals surface area (Å²) in [6, 6.07) is 14.6. The van der Waals surface area contributed by atoms with Gasteiger partial charge in [-0.1, -0.05) is 19.1 Å². The number of anilines is 1. The number of hydrogen-bond donors (Lipinski definition) is 3. The molecule has 0 aliphatic rings. The Morgan fingerprint density at radius 2 is 1.83 bits per heavy atom. The maximum atomic E-state index is 11.9. The number of nitrogens with one attached hydrogen (secondary N) is 2. The third-order valence-electron chi connectivity index (χ3n) is 3.84. The Labute approximate surface area is 142 Å². The number of aryl methyl sites for hydroxylation is 1. The third kappa shape index (κ3) is 5.28. The van der Waals surface area contributed by atoms with E-state index >= 15 is 0 Å². The molecule has 0 fully saturated rings. The molecule has 0 aliphatic carbocycles. The largest absolute Gasteiger partial charge is 0.457 e. The summed E-state index contributed by atoms with van der Waals surface area (Å²) in [4.78, 5) is 11.9. The van der Waals surface area contributed by atoms with Gasteiger partial charge in [0.25, 0.3) is 0 Å². The van der Waals surface area contributed by atoms with E-state index in [0.29, 0.717) is 11.4 Å². The van der Waals surface area contributed by atoms with E-state index in [9.17, 15) is 4.79 Å². The number of carbonyl (C=O) groups is 1. The van der Waals surface area contributed by atoms with Crippen molar-refractivity contribution in [2.45, 2.75) is 26.8 Å². The Morgan fingerprint density at radius 1 is 1.12 bits per heavy atom. The van der Waals surface area contributed by atoms with Crippen LogP contribution in [0.15, 0.2) is 48.5 Å². The molecule has 128 valence electrons. The van der Waals surface area contributed by atoms with E-state index in [0.717, 1.165) is 11.3 Å². The van der Waals surface area contributed by atoms with Gasteiger partial charge in [-0.3, -0.25) is 0 Å². The van der Waals surface area contributed by atoms with Gasteiger partial charge in [0.05, 0.1) is 0 Å².